The Morgan fingerprint density at radius 3 is 2.25 bits per heavy atom. The summed E-state index contributed by atoms with van der Waals surface area (Å²) in [5, 5.41) is 5.97. The molecule has 4 atom stereocenters. The van der Waals surface area contributed by atoms with Crippen molar-refractivity contribution in [3.05, 3.63) is 99.9 Å². The maximum atomic E-state index is 13.3. The molecule has 4 unspecified atom stereocenters. The van der Waals surface area contributed by atoms with E-state index in [-0.39, 0.29) is 59.3 Å². The first kappa shape index (κ1) is 54.9. The molecule has 2 aliphatic carbocycles. The highest BCUT2D eigenvalue weighted by Gasteiger charge is 2.35. The first-order valence-electron chi connectivity index (χ1n) is 24.5. The quantitative estimate of drug-likeness (QED) is 0.0736. The van der Waals surface area contributed by atoms with E-state index in [9.17, 15) is 19.2 Å². The molecule has 2 heterocycles. The largest absolute Gasteiger partial charge is 0.497 e. The number of rotatable bonds is 22. The summed E-state index contributed by atoms with van der Waals surface area (Å²) in [7, 11) is 0. The second-order valence-corrected chi connectivity index (χ2v) is 20.8. The van der Waals surface area contributed by atoms with E-state index in [1.54, 1.807) is 16.2 Å². The van der Waals surface area contributed by atoms with E-state index >= 15 is 0 Å². The minimum Gasteiger partial charge on any atom is -0.497 e. The number of nitrogens with zero attached hydrogens (tertiary/aromatic N) is 2. The molecule has 13 nitrogen and oxygen atoms in total. The number of amides is 3. The van der Waals surface area contributed by atoms with Crippen molar-refractivity contribution in [3.63, 3.8) is 0 Å². The summed E-state index contributed by atoms with van der Waals surface area (Å²) in [4.78, 5) is 55.6. The third kappa shape index (κ3) is 16.6. The van der Waals surface area contributed by atoms with Gasteiger partial charge in [-0.3, -0.25) is 19.2 Å². The molecule has 0 radical (unpaired) electrons. The van der Waals surface area contributed by atoms with Crippen LogP contribution in [0, 0.1) is 24.7 Å². The Hall–Kier alpha value is -4.99. The number of ketones is 1. The highest BCUT2D eigenvalue weighted by atomic mass is 32.1. The Bertz CT molecular complexity index is 2280. The summed E-state index contributed by atoms with van der Waals surface area (Å²) >= 11 is 1.63. The lowest BCUT2D eigenvalue weighted by Gasteiger charge is -2.32. The van der Waals surface area contributed by atoms with E-state index in [1.807, 2.05) is 45.3 Å². The SMILES string of the molecule is CCOC1=C(c2cc(C3=CCC(OCCOCCOCCOCC(=O)NC(C)C(C)(C)C)C=C3)ccc2C)C(=O)CC(C)(C)C1.Cc1ncsc1-c1ccc(C(C)NC(=O)C2CCCN2C=O)cc1. The van der Waals surface area contributed by atoms with Crippen molar-refractivity contribution in [2.75, 3.05) is 59.4 Å². The molecule has 2 N–H and O–H groups in total. The Morgan fingerprint density at radius 2 is 1.62 bits per heavy atom. The Labute approximate surface area is 414 Å². The highest BCUT2D eigenvalue weighted by Crippen LogP contribution is 2.42. The third-order valence-electron chi connectivity index (χ3n) is 12.8. The lowest BCUT2D eigenvalue weighted by molar-refractivity contribution is -0.131. The second kappa shape index (κ2) is 26.3. The number of hydrogen-bond donors (Lipinski definition) is 2. The first-order valence-corrected chi connectivity index (χ1v) is 25.3. The molecule has 1 fully saturated rings. The van der Waals surface area contributed by atoms with E-state index in [0.717, 1.165) is 82.5 Å². The predicted octanol–water partition coefficient (Wildman–Crippen LogP) is 9.38. The Kier molecular flexibility index (Phi) is 20.9. The maximum Gasteiger partial charge on any atom is 0.246 e. The molecule has 1 aliphatic heterocycles. The number of carbonyl (C=O) groups is 4. The van der Waals surface area contributed by atoms with Gasteiger partial charge in [-0.1, -0.05) is 89.2 Å². The number of thiazole rings is 1. The molecule has 69 heavy (non-hydrogen) atoms. The topological polar surface area (TPSA) is 155 Å². The Balaban J connectivity index is 0.000000309. The average molecular weight is 969 g/mol. The molecule has 376 valence electrons. The van der Waals surface area contributed by atoms with Crippen LogP contribution in [0.4, 0.5) is 0 Å². The molecule has 3 aromatic rings. The molecule has 3 aliphatic rings. The summed E-state index contributed by atoms with van der Waals surface area (Å²) in [6.07, 6.45) is 10.8. The summed E-state index contributed by atoms with van der Waals surface area (Å²) in [6.45, 7) is 24.4. The number of benzene rings is 2. The van der Waals surface area contributed by atoms with Crippen molar-refractivity contribution >= 4 is 46.5 Å². The normalized spacial score (nSPS) is 18.8. The number of aryl methyl sites for hydroxylation is 2. The highest BCUT2D eigenvalue weighted by molar-refractivity contribution is 7.13. The van der Waals surface area contributed by atoms with Crippen molar-refractivity contribution < 1.29 is 42.9 Å². The summed E-state index contributed by atoms with van der Waals surface area (Å²) in [5.41, 5.74) is 9.96. The molecule has 0 saturated carbocycles. The zero-order valence-corrected chi connectivity index (χ0v) is 43.4. The minimum atomic E-state index is -0.330. The molecule has 1 saturated heterocycles. The number of carbonyl (C=O) groups excluding carboxylic acids is 4. The van der Waals surface area contributed by atoms with Crippen LogP contribution < -0.4 is 10.6 Å². The smallest absolute Gasteiger partial charge is 0.246 e. The molecule has 1 aromatic heterocycles. The fourth-order valence-corrected chi connectivity index (χ4v) is 9.14. The number of nitrogens with one attached hydrogen (secondary N) is 2. The van der Waals surface area contributed by atoms with Crippen molar-refractivity contribution in [3.8, 4) is 10.4 Å². The summed E-state index contributed by atoms with van der Waals surface area (Å²) < 4.78 is 28.5. The van der Waals surface area contributed by atoms with Gasteiger partial charge in [-0.05, 0) is 104 Å². The predicted molar refractivity (Wildman–Crippen MR) is 273 cm³/mol. The number of aromatic nitrogens is 1. The molecule has 14 heteroatoms. The van der Waals surface area contributed by atoms with Crippen LogP contribution in [-0.2, 0) is 42.9 Å². The maximum absolute atomic E-state index is 13.3. The molecule has 0 spiro atoms. The van der Waals surface area contributed by atoms with Gasteiger partial charge in [-0.15, -0.1) is 11.3 Å². The molecule has 6 rings (SSSR count). The van der Waals surface area contributed by atoms with Crippen LogP contribution in [0.5, 0.6) is 0 Å². The third-order valence-corrected chi connectivity index (χ3v) is 13.8. The average Bonchev–Trinajstić information content (AvgIpc) is 3.98. The van der Waals surface area contributed by atoms with E-state index in [0.29, 0.717) is 59.2 Å². The second-order valence-electron chi connectivity index (χ2n) is 19.9. The molecule has 2 aromatic carbocycles. The molecule has 0 bridgehead atoms. The van der Waals surface area contributed by atoms with Crippen LogP contribution >= 0.6 is 11.3 Å². The standard InChI is InChI=1S/C37H55NO7.C18H21N3O2S/c1-9-44-33-24-37(7,8)23-32(39)35(33)31-22-29(11-10-26(31)2)28-12-14-30(15-13-28)45-21-20-42-17-16-41-18-19-43-25-34(40)38-27(3)36(4,5)6;1-12(20-18(23)16-4-3-9-21(16)11-22)14-5-7-15(8-6-14)17-13(2)19-10-24-17/h10-14,22,27,30H,9,15-21,23-25H2,1-8H3,(H,38,40);5-8,10-12,16H,3-4,9H2,1-2H3,(H,20,23). The molecular formula is C55H76N4O9S. The lowest BCUT2D eigenvalue weighted by Crippen LogP contribution is -2.43. The van der Waals surface area contributed by atoms with Gasteiger partial charge < -0.3 is 39.2 Å². The molecular weight excluding hydrogens is 893 g/mol. The fourth-order valence-electron chi connectivity index (χ4n) is 8.33. The van der Waals surface area contributed by atoms with Crippen LogP contribution in [0.25, 0.3) is 21.6 Å². The van der Waals surface area contributed by atoms with Gasteiger partial charge in [0.2, 0.25) is 18.2 Å². The van der Waals surface area contributed by atoms with Crippen LogP contribution in [0.1, 0.15) is 121 Å². The van der Waals surface area contributed by atoms with Gasteiger partial charge >= 0.3 is 0 Å². The molecule has 3 amide bonds. The Morgan fingerprint density at radius 1 is 0.942 bits per heavy atom. The van der Waals surface area contributed by atoms with Gasteiger partial charge in [0, 0.05) is 25.4 Å². The minimum absolute atomic E-state index is 0.00586. The van der Waals surface area contributed by atoms with Crippen molar-refractivity contribution in [1.29, 1.82) is 0 Å². The van der Waals surface area contributed by atoms with Crippen LogP contribution in [0.15, 0.2) is 72.0 Å². The number of ether oxygens (including phenoxy) is 5. The van der Waals surface area contributed by atoms with Crippen LogP contribution in [-0.4, -0.2) is 111 Å². The number of allylic oxidation sites excluding steroid dienone is 4. The first-order chi connectivity index (χ1) is 32.9. The van der Waals surface area contributed by atoms with Crippen LogP contribution in [0.3, 0.4) is 0 Å². The zero-order chi connectivity index (χ0) is 50.1. The van der Waals surface area contributed by atoms with Gasteiger partial charge in [-0.25, -0.2) is 4.98 Å². The summed E-state index contributed by atoms with van der Waals surface area (Å²) in [6, 6.07) is 14.2. The zero-order valence-electron chi connectivity index (χ0n) is 42.6. The van der Waals surface area contributed by atoms with Crippen molar-refractivity contribution in [1.82, 2.24) is 20.5 Å². The number of Topliss-reactive ketones (excluding diaryl/α,β-unsaturated/α-hetero) is 1. The number of likely N-dealkylation sites (tertiary alicyclic amines) is 1. The van der Waals surface area contributed by atoms with Crippen LogP contribution in [0.2, 0.25) is 0 Å². The number of hydrogen-bond acceptors (Lipinski definition) is 11. The van der Waals surface area contributed by atoms with Gasteiger partial charge in [0.25, 0.3) is 0 Å². The van der Waals surface area contributed by atoms with Gasteiger partial charge in [0.05, 0.1) is 80.0 Å². The van der Waals surface area contributed by atoms with Gasteiger partial charge in [-0.2, -0.15) is 0 Å². The van der Waals surface area contributed by atoms with Gasteiger partial charge in [0.15, 0.2) is 5.78 Å². The van der Waals surface area contributed by atoms with E-state index in [1.165, 1.54) is 4.88 Å². The lowest BCUT2D eigenvalue weighted by atomic mass is 9.74. The van der Waals surface area contributed by atoms with Crippen molar-refractivity contribution in [2.24, 2.45) is 10.8 Å². The monoisotopic (exact) mass is 969 g/mol. The van der Waals surface area contributed by atoms with E-state index < -0.39 is 0 Å². The fraction of sp³-hybridized carbons (Fsp3) is 0.545. The van der Waals surface area contributed by atoms with E-state index in [4.69, 9.17) is 23.7 Å². The van der Waals surface area contributed by atoms with E-state index in [2.05, 4.69) is 106 Å². The summed E-state index contributed by atoms with van der Waals surface area (Å²) in [5.74, 6) is 0.776. The van der Waals surface area contributed by atoms with Gasteiger partial charge in [0.1, 0.15) is 18.4 Å². The van der Waals surface area contributed by atoms with Crippen molar-refractivity contribution in [2.45, 2.75) is 126 Å².